The zero-order valence-corrected chi connectivity index (χ0v) is 11.8. The van der Waals surface area contributed by atoms with Crippen molar-refractivity contribution in [2.45, 2.75) is 12.8 Å². The predicted octanol–water partition coefficient (Wildman–Crippen LogP) is 4.12. The molecule has 1 aromatic heterocycles. The van der Waals surface area contributed by atoms with E-state index in [0.717, 1.165) is 41.1 Å². The van der Waals surface area contributed by atoms with E-state index in [2.05, 4.69) is 0 Å². The van der Waals surface area contributed by atoms with E-state index in [-0.39, 0.29) is 5.78 Å². The van der Waals surface area contributed by atoms with Crippen LogP contribution in [-0.2, 0) is 4.79 Å². The van der Waals surface area contributed by atoms with Crippen LogP contribution in [0.25, 0.3) is 12.2 Å². The molecule has 0 amide bonds. The fourth-order valence-corrected chi connectivity index (χ4v) is 2.42. The average Bonchev–Trinajstić information content (AvgIpc) is 3.13. The molecule has 0 atom stereocenters. The fourth-order valence-electron chi connectivity index (χ4n) is 2.42. The van der Waals surface area contributed by atoms with Gasteiger partial charge in [-0.3, -0.25) is 4.79 Å². The molecule has 3 nitrogen and oxygen atoms in total. The maximum atomic E-state index is 12.4. The molecule has 21 heavy (non-hydrogen) atoms. The first kappa shape index (κ1) is 13.4. The lowest BCUT2D eigenvalue weighted by Crippen LogP contribution is -1.95. The Hall–Kier alpha value is -2.55. The summed E-state index contributed by atoms with van der Waals surface area (Å²) in [6.45, 7) is 0. The lowest BCUT2D eigenvalue weighted by atomic mass is 10.1. The van der Waals surface area contributed by atoms with Crippen LogP contribution in [0, 0.1) is 0 Å². The molecular weight excluding hydrogens is 264 g/mol. The van der Waals surface area contributed by atoms with E-state index in [9.17, 15) is 4.79 Å². The van der Waals surface area contributed by atoms with Crippen molar-refractivity contribution in [1.29, 1.82) is 0 Å². The van der Waals surface area contributed by atoms with E-state index in [0.29, 0.717) is 0 Å². The Balaban J connectivity index is 1.81. The first-order valence-corrected chi connectivity index (χ1v) is 6.89. The lowest BCUT2D eigenvalue weighted by molar-refractivity contribution is -0.111. The van der Waals surface area contributed by atoms with Crippen molar-refractivity contribution in [2.24, 2.45) is 0 Å². The number of methoxy groups -OCH3 is 1. The molecule has 106 valence electrons. The summed E-state index contributed by atoms with van der Waals surface area (Å²) in [5, 5.41) is 0. The van der Waals surface area contributed by atoms with Crippen molar-refractivity contribution in [3.05, 3.63) is 65.1 Å². The number of allylic oxidation sites excluding steroid dienone is 2. The summed E-state index contributed by atoms with van der Waals surface area (Å²) in [4.78, 5) is 12.4. The number of ether oxygens (including phenoxy) is 1. The highest BCUT2D eigenvalue weighted by Gasteiger charge is 2.23. The summed E-state index contributed by atoms with van der Waals surface area (Å²) in [5.41, 5.74) is 2.67. The largest absolute Gasteiger partial charge is 0.497 e. The summed E-state index contributed by atoms with van der Waals surface area (Å²) in [6.07, 6.45) is 6.93. The highest BCUT2D eigenvalue weighted by atomic mass is 16.5. The molecule has 2 aromatic rings. The second-order valence-electron chi connectivity index (χ2n) is 4.96. The van der Waals surface area contributed by atoms with Gasteiger partial charge < -0.3 is 9.15 Å². The fraction of sp³-hybridized carbons (Fsp3) is 0.167. The number of hydrogen-bond donors (Lipinski definition) is 0. The summed E-state index contributed by atoms with van der Waals surface area (Å²) in [6, 6.07) is 11.4. The number of rotatable bonds is 3. The molecular formula is C18H16O3. The van der Waals surface area contributed by atoms with Crippen molar-refractivity contribution < 1.29 is 13.9 Å². The van der Waals surface area contributed by atoms with E-state index in [1.165, 1.54) is 0 Å². The van der Waals surface area contributed by atoms with Gasteiger partial charge in [-0.25, -0.2) is 0 Å². The number of carbonyl (C=O) groups is 1. The summed E-state index contributed by atoms with van der Waals surface area (Å²) < 4.78 is 10.4. The van der Waals surface area contributed by atoms with Crippen LogP contribution < -0.4 is 4.74 Å². The van der Waals surface area contributed by atoms with Gasteiger partial charge >= 0.3 is 0 Å². The van der Waals surface area contributed by atoms with Crippen molar-refractivity contribution in [2.75, 3.05) is 7.11 Å². The number of hydrogen-bond acceptors (Lipinski definition) is 3. The Labute approximate surface area is 123 Å². The molecule has 3 heteroatoms. The molecule has 0 aliphatic heterocycles. The molecule has 1 aromatic carbocycles. The van der Waals surface area contributed by atoms with Crippen LogP contribution in [0.2, 0.25) is 0 Å². The van der Waals surface area contributed by atoms with Gasteiger partial charge in [0.05, 0.1) is 13.4 Å². The minimum Gasteiger partial charge on any atom is -0.497 e. The summed E-state index contributed by atoms with van der Waals surface area (Å²) >= 11 is 0. The first-order chi connectivity index (χ1) is 10.3. The summed E-state index contributed by atoms with van der Waals surface area (Å²) in [5.74, 6) is 1.65. The molecule has 0 unspecified atom stereocenters. The zero-order valence-electron chi connectivity index (χ0n) is 11.8. The number of furan rings is 1. The van der Waals surface area contributed by atoms with E-state index >= 15 is 0 Å². The first-order valence-electron chi connectivity index (χ1n) is 6.89. The lowest BCUT2D eigenvalue weighted by Gasteiger charge is -2.00. The van der Waals surface area contributed by atoms with E-state index in [1.807, 2.05) is 48.6 Å². The van der Waals surface area contributed by atoms with Crippen LogP contribution in [0.3, 0.4) is 0 Å². The molecule has 1 fully saturated rings. The van der Waals surface area contributed by atoms with E-state index in [1.54, 1.807) is 13.4 Å². The Morgan fingerprint density at radius 1 is 1.05 bits per heavy atom. The minimum atomic E-state index is 0.113. The van der Waals surface area contributed by atoms with Crippen LogP contribution in [-0.4, -0.2) is 12.9 Å². The number of benzene rings is 1. The highest BCUT2D eigenvalue weighted by molar-refractivity contribution is 6.15. The predicted molar refractivity (Wildman–Crippen MR) is 81.9 cm³/mol. The number of ketones is 1. The van der Waals surface area contributed by atoms with Crippen molar-refractivity contribution >= 4 is 17.9 Å². The molecule has 1 aliphatic rings. The molecule has 1 aliphatic carbocycles. The van der Waals surface area contributed by atoms with Gasteiger partial charge in [-0.2, -0.15) is 0 Å². The quantitative estimate of drug-likeness (QED) is 0.794. The maximum absolute atomic E-state index is 12.4. The van der Waals surface area contributed by atoms with Gasteiger partial charge in [0.15, 0.2) is 5.78 Å². The molecule has 3 rings (SSSR count). The Morgan fingerprint density at radius 3 is 2.38 bits per heavy atom. The van der Waals surface area contributed by atoms with Gasteiger partial charge in [0.2, 0.25) is 0 Å². The summed E-state index contributed by atoms with van der Waals surface area (Å²) in [7, 11) is 1.64. The van der Waals surface area contributed by atoms with Gasteiger partial charge in [0, 0.05) is 11.1 Å². The number of Topliss-reactive ketones (excluding diaryl/α,β-unsaturated/α-hetero) is 1. The third-order valence-electron chi connectivity index (χ3n) is 3.56. The van der Waals surface area contributed by atoms with Gasteiger partial charge in [-0.1, -0.05) is 12.1 Å². The molecule has 0 spiro atoms. The standard InChI is InChI=1S/C18H16O3/c1-20-16-8-4-13(5-9-16)11-14-6-7-15(18(14)19)12-17-3-2-10-21-17/h2-5,8-12H,6-7H2,1H3/b14-11+,15-12-. The van der Waals surface area contributed by atoms with Crippen molar-refractivity contribution in [1.82, 2.24) is 0 Å². The normalized spacial score (nSPS) is 18.6. The average molecular weight is 280 g/mol. The van der Waals surface area contributed by atoms with Gasteiger partial charge in [-0.05, 0) is 54.8 Å². The molecule has 1 heterocycles. The zero-order chi connectivity index (χ0) is 14.7. The monoisotopic (exact) mass is 280 g/mol. The minimum absolute atomic E-state index is 0.113. The number of carbonyl (C=O) groups excluding carboxylic acids is 1. The van der Waals surface area contributed by atoms with Crippen LogP contribution in [0.15, 0.2) is 58.2 Å². The second-order valence-corrected chi connectivity index (χ2v) is 4.96. The van der Waals surface area contributed by atoms with Crippen LogP contribution >= 0.6 is 0 Å². The van der Waals surface area contributed by atoms with Gasteiger partial charge in [0.1, 0.15) is 11.5 Å². The molecule has 1 saturated carbocycles. The van der Waals surface area contributed by atoms with Crippen LogP contribution in [0.1, 0.15) is 24.2 Å². The van der Waals surface area contributed by atoms with Gasteiger partial charge in [-0.15, -0.1) is 0 Å². The Morgan fingerprint density at radius 2 is 1.76 bits per heavy atom. The Kier molecular flexibility index (Phi) is 3.73. The van der Waals surface area contributed by atoms with Crippen molar-refractivity contribution in [3.8, 4) is 5.75 Å². The van der Waals surface area contributed by atoms with E-state index < -0.39 is 0 Å². The SMILES string of the molecule is COc1ccc(/C=C2\CC/C(=C/c3ccco3)C2=O)cc1. The third kappa shape index (κ3) is 2.97. The van der Waals surface area contributed by atoms with E-state index in [4.69, 9.17) is 9.15 Å². The molecule has 0 radical (unpaired) electrons. The van der Waals surface area contributed by atoms with Crippen LogP contribution in [0.4, 0.5) is 0 Å². The van der Waals surface area contributed by atoms with Crippen LogP contribution in [0.5, 0.6) is 5.75 Å². The maximum Gasteiger partial charge on any atom is 0.185 e. The highest BCUT2D eigenvalue weighted by Crippen LogP contribution is 2.29. The molecule has 0 N–H and O–H groups in total. The smallest absolute Gasteiger partial charge is 0.185 e. The third-order valence-corrected chi connectivity index (χ3v) is 3.56. The second kappa shape index (κ2) is 5.83. The molecule has 0 saturated heterocycles. The van der Waals surface area contributed by atoms with Gasteiger partial charge in [0.25, 0.3) is 0 Å². The van der Waals surface area contributed by atoms with Crippen molar-refractivity contribution in [3.63, 3.8) is 0 Å². The Bertz CT molecular complexity index is 689. The topological polar surface area (TPSA) is 39.4 Å². The molecule has 0 bridgehead atoms.